The Morgan fingerprint density at radius 2 is 2.05 bits per heavy atom. The average molecular weight is 259 g/mol. The molecule has 3 nitrogen and oxygen atoms in total. The summed E-state index contributed by atoms with van der Waals surface area (Å²) < 4.78 is 0. The van der Waals surface area contributed by atoms with Crippen LogP contribution in [0.4, 0.5) is 5.69 Å². The zero-order chi connectivity index (χ0) is 13.5. The molecule has 0 fully saturated rings. The van der Waals surface area contributed by atoms with Crippen LogP contribution in [-0.2, 0) is 0 Å². The number of fused-ring (bicyclic) bond motifs is 1. The SMILES string of the molecule is CCCCCCCC(C)Nc1ccc2cn[nH]c2c1. The second kappa shape index (κ2) is 7.17. The molecular formula is C16H25N3. The lowest BCUT2D eigenvalue weighted by Gasteiger charge is -2.15. The number of aromatic nitrogens is 2. The second-order valence-electron chi connectivity index (χ2n) is 5.42. The summed E-state index contributed by atoms with van der Waals surface area (Å²) in [6, 6.07) is 6.90. The number of aromatic amines is 1. The number of rotatable bonds is 8. The molecule has 0 spiro atoms. The van der Waals surface area contributed by atoms with Gasteiger partial charge in [0, 0.05) is 17.1 Å². The van der Waals surface area contributed by atoms with Crippen LogP contribution in [0.15, 0.2) is 24.4 Å². The van der Waals surface area contributed by atoms with Gasteiger partial charge < -0.3 is 5.32 Å². The van der Waals surface area contributed by atoms with E-state index in [2.05, 4.69) is 47.6 Å². The molecule has 1 unspecified atom stereocenters. The maximum Gasteiger partial charge on any atom is 0.0670 e. The molecule has 1 aromatic heterocycles. The van der Waals surface area contributed by atoms with Crippen molar-refractivity contribution in [3.05, 3.63) is 24.4 Å². The lowest BCUT2D eigenvalue weighted by atomic mass is 10.1. The van der Waals surface area contributed by atoms with E-state index in [4.69, 9.17) is 0 Å². The predicted molar refractivity (Wildman–Crippen MR) is 82.6 cm³/mol. The minimum atomic E-state index is 0.530. The summed E-state index contributed by atoms with van der Waals surface area (Å²) in [5.74, 6) is 0. The van der Waals surface area contributed by atoms with Gasteiger partial charge in [0.25, 0.3) is 0 Å². The Labute approximate surface area is 115 Å². The van der Waals surface area contributed by atoms with Crippen LogP contribution in [-0.4, -0.2) is 16.2 Å². The monoisotopic (exact) mass is 259 g/mol. The Bertz CT molecular complexity index is 489. The summed E-state index contributed by atoms with van der Waals surface area (Å²) in [5.41, 5.74) is 2.28. The van der Waals surface area contributed by atoms with E-state index in [1.54, 1.807) is 0 Å². The summed E-state index contributed by atoms with van der Waals surface area (Å²) in [4.78, 5) is 0. The van der Waals surface area contributed by atoms with Crippen molar-refractivity contribution in [2.24, 2.45) is 0 Å². The molecule has 2 rings (SSSR count). The van der Waals surface area contributed by atoms with Gasteiger partial charge >= 0.3 is 0 Å². The van der Waals surface area contributed by atoms with Crippen LogP contribution >= 0.6 is 0 Å². The highest BCUT2D eigenvalue weighted by Gasteiger charge is 2.03. The third-order valence-corrected chi connectivity index (χ3v) is 3.60. The predicted octanol–water partition coefficient (Wildman–Crippen LogP) is 4.72. The van der Waals surface area contributed by atoms with Gasteiger partial charge in [-0.15, -0.1) is 0 Å². The first-order valence-electron chi connectivity index (χ1n) is 7.49. The molecule has 0 aliphatic rings. The molecule has 19 heavy (non-hydrogen) atoms. The summed E-state index contributed by atoms with van der Waals surface area (Å²) >= 11 is 0. The van der Waals surface area contributed by atoms with Gasteiger partial charge in [0.2, 0.25) is 0 Å². The van der Waals surface area contributed by atoms with Crippen LogP contribution in [0, 0.1) is 0 Å². The minimum absolute atomic E-state index is 0.530. The van der Waals surface area contributed by atoms with Crippen molar-refractivity contribution in [3.63, 3.8) is 0 Å². The summed E-state index contributed by atoms with van der Waals surface area (Å²) in [6.45, 7) is 4.52. The van der Waals surface area contributed by atoms with E-state index in [0.29, 0.717) is 6.04 Å². The normalized spacial score (nSPS) is 12.7. The van der Waals surface area contributed by atoms with Crippen LogP contribution in [0.3, 0.4) is 0 Å². The van der Waals surface area contributed by atoms with E-state index in [0.717, 1.165) is 10.9 Å². The van der Waals surface area contributed by atoms with Crippen molar-refractivity contribution in [2.75, 3.05) is 5.32 Å². The molecule has 3 heteroatoms. The van der Waals surface area contributed by atoms with Crippen molar-refractivity contribution in [3.8, 4) is 0 Å². The van der Waals surface area contributed by atoms with Crippen molar-refractivity contribution in [1.29, 1.82) is 0 Å². The molecule has 0 radical (unpaired) electrons. The lowest BCUT2D eigenvalue weighted by molar-refractivity contribution is 0.578. The third-order valence-electron chi connectivity index (χ3n) is 3.60. The first-order valence-corrected chi connectivity index (χ1v) is 7.49. The van der Waals surface area contributed by atoms with Crippen LogP contribution in [0.1, 0.15) is 52.4 Å². The van der Waals surface area contributed by atoms with Crippen LogP contribution < -0.4 is 5.32 Å². The molecular weight excluding hydrogens is 234 g/mol. The molecule has 0 bridgehead atoms. The molecule has 0 aliphatic heterocycles. The number of hydrogen-bond donors (Lipinski definition) is 2. The quantitative estimate of drug-likeness (QED) is 0.673. The molecule has 2 N–H and O–H groups in total. The number of benzene rings is 1. The number of anilines is 1. The fraction of sp³-hybridized carbons (Fsp3) is 0.562. The highest BCUT2D eigenvalue weighted by atomic mass is 15.1. The largest absolute Gasteiger partial charge is 0.383 e. The first kappa shape index (κ1) is 13.9. The number of nitrogens with one attached hydrogen (secondary N) is 2. The van der Waals surface area contributed by atoms with Gasteiger partial charge in [-0.25, -0.2) is 0 Å². The van der Waals surface area contributed by atoms with Crippen LogP contribution in [0.5, 0.6) is 0 Å². The molecule has 1 atom stereocenters. The topological polar surface area (TPSA) is 40.7 Å². The maximum absolute atomic E-state index is 4.05. The highest BCUT2D eigenvalue weighted by Crippen LogP contribution is 2.18. The Kier molecular flexibility index (Phi) is 5.25. The second-order valence-corrected chi connectivity index (χ2v) is 5.42. The van der Waals surface area contributed by atoms with Crippen LogP contribution in [0.25, 0.3) is 10.9 Å². The standard InChI is InChI=1S/C16H25N3/c1-3-4-5-6-7-8-13(2)18-15-10-9-14-12-17-19-16(14)11-15/h9-13,18H,3-8H2,1-2H3,(H,17,19). The molecule has 0 saturated carbocycles. The van der Waals surface area contributed by atoms with Gasteiger partial charge in [-0.3, -0.25) is 5.10 Å². The third kappa shape index (κ3) is 4.27. The van der Waals surface area contributed by atoms with Gasteiger partial charge in [-0.05, 0) is 31.5 Å². The molecule has 0 aliphatic carbocycles. The van der Waals surface area contributed by atoms with Gasteiger partial charge in [0.05, 0.1) is 11.7 Å². The van der Waals surface area contributed by atoms with E-state index in [1.165, 1.54) is 44.2 Å². The molecule has 2 aromatic rings. The molecule has 1 aromatic carbocycles. The van der Waals surface area contributed by atoms with Gasteiger partial charge in [-0.2, -0.15) is 5.10 Å². The fourth-order valence-corrected chi connectivity index (χ4v) is 2.44. The minimum Gasteiger partial charge on any atom is -0.383 e. The van der Waals surface area contributed by atoms with E-state index >= 15 is 0 Å². The van der Waals surface area contributed by atoms with Crippen molar-refractivity contribution < 1.29 is 0 Å². The Morgan fingerprint density at radius 3 is 2.89 bits per heavy atom. The van der Waals surface area contributed by atoms with E-state index < -0.39 is 0 Å². The molecule has 0 amide bonds. The van der Waals surface area contributed by atoms with Crippen molar-refractivity contribution in [2.45, 2.75) is 58.4 Å². The Balaban J connectivity index is 1.76. The zero-order valence-corrected chi connectivity index (χ0v) is 12.1. The summed E-state index contributed by atoms with van der Waals surface area (Å²) in [7, 11) is 0. The Morgan fingerprint density at radius 1 is 1.21 bits per heavy atom. The number of hydrogen-bond acceptors (Lipinski definition) is 2. The zero-order valence-electron chi connectivity index (χ0n) is 12.1. The molecule has 104 valence electrons. The number of unbranched alkanes of at least 4 members (excludes halogenated alkanes) is 4. The number of nitrogens with zero attached hydrogens (tertiary/aromatic N) is 1. The smallest absolute Gasteiger partial charge is 0.0670 e. The van der Waals surface area contributed by atoms with Gasteiger partial charge in [0.15, 0.2) is 0 Å². The first-order chi connectivity index (χ1) is 9.29. The van der Waals surface area contributed by atoms with Gasteiger partial charge in [0.1, 0.15) is 0 Å². The maximum atomic E-state index is 4.05. The van der Waals surface area contributed by atoms with E-state index in [9.17, 15) is 0 Å². The van der Waals surface area contributed by atoms with E-state index in [-0.39, 0.29) is 0 Å². The van der Waals surface area contributed by atoms with Gasteiger partial charge in [-0.1, -0.05) is 39.0 Å². The van der Waals surface area contributed by atoms with Crippen molar-refractivity contribution in [1.82, 2.24) is 10.2 Å². The molecule has 0 saturated heterocycles. The lowest BCUT2D eigenvalue weighted by Crippen LogP contribution is -2.14. The average Bonchev–Trinajstić information content (AvgIpc) is 2.86. The number of H-pyrrole nitrogens is 1. The van der Waals surface area contributed by atoms with Crippen LogP contribution in [0.2, 0.25) is 0 Å². The van der Waals surface area contributed by atoms with Crippen molar-refractivity contribution >= 4 is 16.6 Å². The Hall–Kier alpha value is -1.51. The fourth-order valence-electron chi connectivity index (χ4n) is 2.44. The highest BCUT2D eigenvalue weighted by molar-refractivity contribution is 5.81. The van der Waals surface area contributed by atoms with E-state index in [1.807, 2.05) is 6.20 Å². The molecule has 1 heterocycles. The summed E-state index contributed by atoms with van der Waals surface area (Å²) in [6.07, 6.45) is 9.85. The summed E-state index contributed by atoms with van der Waals surface area (Å²) in [5, 5.41) is 11.8.